The van der Waals surface area contributed by atoms with E-state index in [0.29, 0.717) is 0 Å². The van der Waals surface area contributed by atoms with Crippen molar-refractivity contribution >= 4 is 24.2 Å². The van der Waals surface area contributed by atoms with E-state index in [1.807, 2.05) is 0 Å². The van der Waals surface area contributed by atoms with Crippen molar-refractivity contribution in [3.8, 4) is 12.3 Å². The molecule has 0 heterocycles. The van der Waals surface area contributed by atoms with E-state index in [2.05, 4.69) is 11.2 Å². The Hall–Kier alpha value is -3.00. The maximum absolute atomic E-state index is 12.2. The number of esters is 1. The number of methoxy groups -OCH3 is 1. The fraction of sp³-hybridized carbons (Fsp3) is 0.700. The number of amides is 1. The van der Waals surface area contributed by atoms with Gasteiger partial charge in [-0.05, 0) is 20.8 Å². The highest BCUT2D eigenvalue weighted by molar-refractivity contribution is 5.83. The second-order valence-corrected chi connectivity index (χ2v) is 7.02. The first-order valence-corrected chi connectivity index (χ1v) is 9.49. The van der Waals surface area contributed by atoms with Crippen LogP contribution in [-0.4, -0.2) is 78.0 Å². The van der Waals surface area contributed by atoms with E-state index >= 15 is 0 Å². The molecule has 0 saturated carbocycles. The van der Waals surface area contributed by atoms with E-state index in [-0.39, 0.29) is 32.8 Å². The van der Waals surface area contributed by atoms with Crippen LogP contribution in [0.15, 0.2) is 0 Å². The Morgan fingerprint density at radius 3 is 1.84 bits per heavy atom. The zero-order chi connectivity index (χ0) is 23.9. The van der Waals surface area contributed by atoms with Crippen LogP contribution < -0.4 is 5.32 Å². The molecule has 0 aromatic heterocycles. The lowest BCUT2D eigenvalue weighted by Gasteiger charge is -2.27. The van der Waals surface area contributed by atoms with Crippen LogP contribution in [0.5, 0.6) is 0 Å². The summed E-state index contributed by atoms with van der Waals surface area (Å²) in [4.78, 5) is 47.9. The first kappa shape index (κ1) is 28.0. The van der Waals surface area contributed by atoms with Crippen LogP contribution in [-0.2, 0) is 38.0 Å². The average Bonchev–Trinajstić information content (AvgIpc) is 2.74. The summed E-state index contributed by atoms with van der Waals surface area (Å²) in [7, 11) is 2.77. The van der Waals surface area contributed by atoms with E-state index in [4.69, 9.17) is 34.8 Å². The van der Waals surface area contributed by atoms with E-state index in [0.717, 1.165) is 0 Å². The summed E-state index contributed by atoms with van der Waals surface area (Å²) in [5.74, 6) is 1.15. The van der Waals surface area contributed by atoms with Gasteiger partial charge in [0.25, 0.3) is 0 Å². The van der Waals surface area contributed by atoms with Crippen LogP contribution in [0.2, 0.25) is 0 Å². The van der Waals surface area contributed by atoms with Gasteiger partial charge in [0.05, 0.1) is 13.2 Å². The first-order chi connectivity index (χ1) is 14.6. The molecule has 0 aliphatic heterocycles. The molecule has 1 amide bonds. The van der Waals surface area contributed by atoms with Crippen molar-refractivity contribution in [3.05, 3.63) is 0 Å². The summed E-state index contributed by atoms with van der Waals surface area (Å²) in [5.41, 5.74) is -2.66. The maximum Gasteiger partial charge on any atom is 0.508 e. The molecule has 0 bridgehead atoms. The monoisotopic (exact) mass is 445 g/mol. The summed E-state index contributed by atoms with van der Waals surface area (Å²) >= 11 is 0. The highest BCUT2D eigenvalue weighted by atomic mass is 16.7. The minimum absolute atomic E-state index is 0.0322. The van der Waals surface area contributed by atoms with Crippen LogP contribution >= 0.6 is 0 Å². The van der Waals surface area contributed by atoms with Gasteiger partial charge >= 0.3 is 18.3 Å². The van der Waals surface area contributed by atoms with E-state index in [1.165, 1.54) is 28.0 Å². The van der Waals surface area contributed by atoms with Gasteiger partial charge < -0.3 is 33.7 Å². The average molecular weight is 445 g/mol. The molecule has 0 radical (unpaired) electrons. The van der Waals surface area contributed by atoms with Crippen molar-refractivity contribution < 1.29 is 47.6 Å². The van der Waals surface area contributed by atoms with Gasteiger partial charge in [0.15, 0.2) is 0 Å². The minimum atomic E-state index is -1.42. The molecule has 0 saturated heterocycles. The van der Waals surface area contributed by atoms with Crippen molar-refractivity contribution in [1.82, 2.24) is 5.32 Å². The molecule has 11 nitrogen and oxygen atoms in total. The Balaban J connectivity index is 4.85. The predicted octanol–water partition coefficient (Wildman–Crippen LogP) is 1.28. The minimum Gasteiger partial charge on any atom is -0.465 e. The zero-order valence-electron chi connectivity index (χ0n) is 18.6. The largest absolute Gasteiger partial charge is 0.508 e. The fourth-order valence-electron chi connectivity index (χ4n) is 2.19. The van der Waals surface area contributed by atoms with Gasteiger partial charge in [-0.1, -0.05) is 0 Å². The van der Waals surface area contributed by atoms with Gasteiger partial charge in [-0.3, -0.25) is 9.59 Å². The predicted molar refractivity (Wildman–Crippen MR) is 107 cm³/mol. The molecule has 1 N–H and O–H groups in total. The summed E-state index contributed by atoms with van der Waals surface area (Å²) in [6, 6.07) is 0. The Morgan fingerprint density at radius 1 is 0.871 bits per heavy atom. The molecular formula is C20H31NO10. The number of hydrogen-bond acceptors (Lipinski definition) is 10. The van der Waals surface area contributed by atoms with Gasteiger partial charge in [0.2, 0.25) is 5.91 Å². The number of ether oxygens (including phenoxy) is 6. The molecule has 0 fully saturated rings. The van der Waals surface area contributed by atoms with Gasteiger partial charge in [0.1, 0.15) is 37.3 Å². The second kappa shape index (κ2) is 14.1. The van der Waals surface area contributed by atoms with Crippen molar-refractivity contribution in [2.75, 3.05) is 53.8 Å². The third kappa shape index (κ3) is 10.0. The van der Waals surface area contributed by atoms with Crippen molar-refractivity contribution in [2.45, 2.75) is 27.2 Å². The summed E-state index contributed by atoms with van der Waals surface area (Å²) in [6.07, 6.45) is 3.13. The van der Waals surface area contributed by atoms with Gasteiger partial charge in [-0.2, -0.15) is 0 Å². The Bertz CT molecular complexity index is 659. The van der Waals surface area contributed by atoms with Crippen LogP contribution in [0.25, 0.3) is 0 Å². The maximum atomic E-state index is 12.2. The van der Waals surface area contributed by atoms with Crippen LogP contribution in [0.4, 0.5) is 9.59 Å². The highest BCUT2D eigenvalue weighted by Gasteiger charge is 2.39. The number of carbonyl (C=O) groups is 4. The highest BCUT2D eigenvalue weighted by Crippen LogP contribution is 2.22. The lowest BCUT2D eigenvalue weighted by molar-refractivity contribution is -0.161. The van der Waals surface area contributed by atoms with Crippen LogP contribution in [0.3, 0.4) is 0 Å². The molecule has 0 aromatic rings. The molecule has 11 heteroatoms. The molecule has 2 unspecified atom stereocenters. The molecule has 0 aliphatic carbocycles. The topological polar surface area (TPSA) is 136 Å². The normalized spacial score (nSPS) is 14.1. The molecule has 0 aliphatic rings. The molecule has 176 valence electrons. The molecule has 0 spiro atoms. The number of rotatable bonds is 13. The number of carbonyl (C=O) groups excluding carboxylic acids is 4. The second-order valence-electron chi connectivity index (χ2n) is 7.02. The Kier molecular flexibility index (Phi) is 12.7. The standard InChI is InChI=1S/C20H31NO10/c1-7-9-10-28-17(24)29-12-19(3,15(22)21-5)13-30-18(25)31-14-20(4,11-26-6)16(23)27-8-2/h1H,8-14H2,2-6H3,(H,21,22). The lowest BCUT2D eigenvalue weighted by Crippen LogP contribution is -2.45. The van der Waals surface area contributed by atoms with Crippen LogP contribution in [0, 0.1) is 23.2 Å². The molecule has 2 atom stereocenters. The Labute approximate surface area is 182 Å². The third-order valence-corrected chi connectivity index (χ3v) is 4.00. The van der Waals surface area contributed by atoms with Gasteiger partial charge in [-0.25, -0.2) is 9.59 Å². The Morgan fingerprint density at radius 2 is 1.39 bits per heavy atom. The SMILES string of the molecule is C#CCCOC(=O)OCC(C)(COC(=O)OCC(C)(COC)C(=O)OCC)C(=O)NC. The molecule has 31 heavy (non-hydrogen) atoms. The van der Waals surface area contributed by atoms with Gasteiger partial charge in [0, 0.05) is 20.6 Å². The van der Waals surface area contributed by atoms with E-state index < -0.39 is 48.2 Å². The van der Waals surface area contributed by atoms with Crippen molar-refractivity contribution in [1.29, 1.82) is 0 Å². The first-order valence-electron chi connectivity index (χ1n) is 9.49. The molecule has 0 aromatic carbocycles. The quantitative estimate of drug-likeness (QED) is 0.191. The number of nitrogens with one attached hydrogen (secondary N) is 1. The van der Waals surface area contributed by atoms with E-state index in [9.17, 15) is 19.2 Å². The zero-order valence-corrected chi connectivity index (χ0v) is 18.6. The lowest BCUT2D eigenvalue weighted by atomic mass is 9.92. The summed E-state index contributed by atoms with van der Waals surface area (Å²) in [5, 5.41) is 2.40. The third-order valence-electron chi connectivity index (χ3n) is 4.00. The molecule has 0 rings (SSSR count). The van der Waals surface area contributed by atoms with Crippen molar-refractivity contribution in [2.24, 2.45) is 10.8 Å². The molecular weight excluding hydrogens is 414 g/mol. The number of terminal acetylenes is 1. The smallest absolute Gasteiger partial charge is 0.465 e. The summed E-state index contributed by atoms with van der Waals surface area (Å²) in [6.45, 7) is 3.37. The van der Waals surface area contributed by atoms with Crippen LogP contribution in [0.1, 0.15) is 27.2 Å². The van der Waals surface area contributed by atoms with Crippen molar-refractivity contribution in [3.63, 3.8) is 0 Å². The number of hydrogen-bond donors (Lipinski definition) is 1. The fourth-order valence-corrected chi connectivity index (χ4v) is 2.19. The van der Waals surface area contributed by atoms with E-state index in [1.54, 1.807) is 6.92 Å². The summed E-state index contributed by atoms with van der Waals surface area (Å²) < 4.78 is 29.6. The van der Waals surface area contributed by atoms with Gasteiger partial charge in [-0.15, -0.1) is 12.3 Å².